The quantitative estimate of drug-likeness (QED) is 0.816. The van der Waals surface area contributed by atoms with Gasteiger partial charge in [-0.3, -0.25) is 9.78 Å². The largest absolute Gasteiger partial charge is 0.397 e. The molecule has 0 amide bonds. The van der Waals surface area contributed by atoms with Crippen molar-refractivity contribution >= 4 is 28.6 Å². The van der Waals surface area contributed by atoms with Crippen LogP contribution in [-0.4, -0.2) is 15.9 Å². The number of hydrogen-bond acceptors (Lipinski definition) is 4. The van der Waals surface area contributed by atoms with Crippen LogP contribution in [0, 0.1) is 6.92 Å². The first kappa shape index (κ1) is 12.8. The maximum Gasteiger partial charge on any atom is 0.185 e. The molecule has 1 aromatic heterocycles. The molecule has 16 heavy (non-hydrogen) atoms. The van der Waals surface area contributed by atoms with Gasteiger partial charge in [0.1, 0.15) is 0 Å². The van der Waals surface area contributed by atoms with E-state index < -0.39 is 0 Å². The van der Waals surface area contributed by atoms with Gasteiger partial charge in [-0.25, -0.2) is 0 Å². The van der Waals surface area contributed by atoms with Crippen LogP contribution in [0.4, 0.5) is 5.69 Å². The Morgan fingerprint density at radius 3 is 3.06 bits per heavy atom. The van der Waals surface area contributed by atoms with E-state index in [0.29, 0.717) is 0 Å². The number of aryl methyl sites for hydroxylation is 1. The van der Waals surface area contributed by atoms with E-state index in [1.165, 1.54) is 11.8 Å². The van der Waals surface area contributed by atoms with Crippen LogP contribution >= 0.6 is 11.8 Å². The minimum Gasteiger partial charge on any atom is -0.397 e. The number of aromatic nitrogens is 1. The van der Waals surface area contributed by atoms with Gasteiger partial charge in [0.15, 0.2) is 5.12 Å². The van der Waals surface area contributed by atoms with E-state index in [4.69, 9.17) is 5.73 Å². The molecule has 0 aromatic carbocycles. The molecule has 0 unspecified atom stereocenters. The molecule has 0 atom stereocenters. The first-order valence-electron chi connectivity index (χ1n) is 5.12. The van der Waals surface area contributed by atoms with Crippen molar-refractivity contribution in [2.45, 2.75) is 20.3 Å². The Balaban J connectivity index is 2.50. The number of anilines is 1. The van der Waals surface area contributed by atoms with Crippen LogP contribution in [-0.2, 0) is 4.79 Å². The molecule has 0 bridgehead atoms. The lowest BCUT2D eigenvalue weighted by Crippen LogP contribution is -1.95. The first-order chi connectivity index (χ1) is 7.61. The summed E-state index contributed by atoms with van der Waals surface area (Å²) in [7, 11) is 0. The lowest BCUT2D eigenvalue weighted by atomic mass is 10.2. The summed E-state index contributed by atoms with van der Waals surface area (Å²) >= 11 is 1.33. The number of rotatable bonds is 4. The number of nitrogen functional groups attached to an aromatic ring is 1. The van der Waals surface area contributed by atoms with Crippen LogP contribution in [0.25, 0.3) is 6.08 Å². The van der Waals surface area contributed by atoms with Crippen molar-refractivity contribution in [1.82, 2.24) is 4.98 Å². The van der Waals surface area contributed by atoms with Gasteiger partial charge < -0.3 is 5.73 Å². The Labute approximate surface area is 100 Å². The monoisotopic (exact) mass is 236 g/mol. The maximum atomic E-state index is 10.7. The number of carbonyl (C=O) groups excluding carboxylic acids is 1. The molecule has 1 aromatic rings. The SMILES string of the molecule is CC(=O)SCCC=Cc1nccc(C)c1N. The van der Waals surface area contributed by atoms with Crippen LogP contribution in [0.2, 0.25) is 0 Å². The normalized spacial score (nSPS) is 10.9. The Morgan fingerprint density at radius 2 is 2.38 bits per heavy atom. The molecule has 0 saturated heterocycles. The number of thioether (sulfide) groups is 1. The van der Waals surface area contributed by atoms with Gasteiger partial charge in [0.2, 0.25) is 0 Å². The van der Waals surface area contributed by atoms with E-state index in [1.807, 2.05) is 25.1 Å². The topological polar surface area (TPSA) is 56.0 Å². The second-order valence-corrected chi connectivity index (χ2v) is 4.73. The van der Waals surface area contributed by atoms with Crippen LogP contribution in [0.5, 0.6) is 0 Å². The van der Waals surface area contributed by atoms with Crippen molar-refractivity contribution in [3.8, 4) is 0 Å². The number of carbonyl (C=O) groups is 1. The third-order valence-corrected chi connectivity index (χ3v) is 2.95. The predicted molar refractivity (Wildman–Crippen MR) is 70.2 cm³/mol. The first-order valence-corrected chi connectivity index (χ1v) is 6.11. The molecule has 0 aliphatic carbocycles. The van der Waals surface area contributed by atoms with Gasteiger partial charge in [-0.15, -0.1) is 0 Å². The van der Waals surface area contributed by atoms with Crippen LogP contribution in [0.3, 0.4) is 0 Å². The second kappa shape index (κ2) is 6.33. The van der Waals surface area contributed by atoms with Crippen molar-refractivity contribution in [2.24, 2.45) is 0 Å². The van der Waals surface area contributed by atoms with Crippen molar-refractivity contribution in [1.29, 1.82) is 0 Å². The standard InChI is InChI=1S/C12H16N2OS/c1-9-6-7-14-11(12(9)13)5-3-4-8-16-10(2)15/h3,5-7H,4,8,13H2,1-2H3. The lowest BCUT2D eigenvalue weighted by molar-refractivity contribution is -0.109. The molecule has 0 aliphatic heterocycles. The molecule has 86 valence electrons. The number of hydrogen-bond donors (Lipinski definition) is 1. The summed E-state index contributed by atoms with van der Waals surface area (Å²) in [5.41, 5.74) is 8.43. The van der Waals surface area contributed by atoms with Crippen LogP contribution in [0.15, 0.2) is 18.3 Å². The van der Waals surface area contributed by atoms with E-state index in [2.05, 4.69) is 4.98 Å². The van der Waals surface area contributed by atoms with E-state index in [9.17, 15) is 4.79 Å². The maximum absolute atomic E-state index is 10.7. The summed E-state index contributed by atoms with van der Waals surface area (Å²) in [5, 5.41) is 0.154. The van der Waals surface area contributed by atoms with Crippen LogP contribution in [0.1, 0.15) is 24.6 Å². The minimum atomic E-state index is 0.154. The van der Waals surface area contributed by atoms with Crippen LogP contribution < -0.4 is 5.73 Å². The van der Waals surface area contributed by atoms with Crippen molar-refractivity contribution in [3.63, 3.8) is 0 Å². The third-order valence-electron chi connectivity index (χ3n) is 2.10. The molecule has 1 rings (SSSR count). The molecule has 0 aliphatic rings. The summed E-state index contributed by atoms with van der Waals surface area (Å²) in [4.78, 5) is 14.9. The Morgan fingerprint density at radius 1 is 1.62 bits per heavy atom. The zero-order chi connectivity index (χ0) is 12.0. The zero-order valence-electron chi connectivity index (χ0n) is 9.56. The lowest BCUT2D eigenvalue weighted by Gasteiger charge is -2.02. The van der Waals surface area contributed by atoms with Gasteiger partial charge >= 0.3 is 0 Å². The third kappa shape index (κ3) is 4.06. The van der Waals surface area contributed by atoms with Gasteiger partial charge in [0.05, 0.1) is 11.4 Å². The Bertz CT molecular complexity index is 402. The summed E-state index contributed by atoms with van der Waals surface area (Å²) in [5.74, 6) is 0.803. The van der Waals surface area contributed by atoms with Gasteiger partial charge in [-0.05, 0) is 31.1 Å². The van der Waals surface area contributed by atoms with Gasteiger partial charge in [0, 0.05) is 18.9 Å². The molecule has 0 radical (unpaired) electrons. The second-order valence-electron chi connectivity index (χ2n) is 3.46. The van der Waals surface area contributed by atoms with E-state index in [1.54, 1.807) is 13.1 Å². The highest BCUT2D eigenvalue weighted by molar-refractivity contribution is 8.13. The molecule has 3 nitrogen and oxygen atoms in total. The van der Waals surface area contributed by atoms with Crippen molar-refractivity contribution in [2.75, 3.05) is 11.5 Å². The number of nitrogens with zero attached hydrogens (tertiary/aromatic N) is 1. The molecular formula is C12H16N2OS. The summed E-state index contributed by atoms with van der Waals surface area (Å²) in [6, 6.07) is 1.89. The summed E-state index contributed by atoms with van der Waals surface area (Å²) in [6.45, 7) is 3.54. The Hall–Kier alpha value is -1.29. The summed E-state index contributed by atoms with van der Waals surface area (Å²) < 4.78 is 0. The fraction of sp³-hybridized carbons (Fsp3) is 0.333. The molecule has 0 saturated carbocycles. The van der Waals surface area contributed by atoms with E-state index >= 15 is 0 Å². The van der Waals surface area contributed by atoms with Gasteiger partial charge in [0.25, 0.3) is 0 Å². The summed E-state index contributed by atoms with van der Waals surface area (Å²) in [6.07, 6.45) is 6.49. The smallest absolute Gasteiger partial charge is 0.185 e. The Kier molecular flexibility index (Phi) is 5.05. The molecule has 0 fully saturated rings. The van der Waals surface area contributed by atoms with E-state index in [0.717, 1.165) is 29.1 Å². The molecular weight excluding hydrogens is 220 g/mol. The average Bonchev–Trinajstić information content (AvgIpc) is 2.23. The number of allylic oxidation sites excluding steroid dienone is 1. The number of pyridine rings is 1. The molecule has 1 heterocycles. The molecule has 0 spiro atoms. The van der Waals surface area contributed by atoms with Gasteiger partial charge in [-0.1, -0.05) is 17.8 Å². The zero-order valence-corrected chi connectivity index (χ0v) is 10.4. The highest BCUT2D eigenvalue weighted by Crippen LogP contribution is 2.15. The molecule has 2 N–H and O–H groups in total. The van der Waals surface area contributed by atoms with E-state index in [-0.39, 0.29) is 5.12 Å². The average molecular weight is 236 g/mol. The van der Waals surface area contributed by atoms with Gasteiger partial charge in [-0.2, -0.15) is 0 Å². The fourth-order valence-corrected chi connectivity index (χ4v) is 1.73. The van der Waals surface area contributed by atoms with Crippen molar-refractivity contribution in [3.05, 3.63) is 29.6 Å². The fourth-order valence-electron chi connectivity index (χ4n) is 1.19. The van der Waals surface area contributed by atoms with Crippen molar-refractivity contribution < 1.29 is 4.79 Å². The predicted octanol–water partition coefficient (Wildman–Crippen LogP) is 2.66. The highest BCUT2D eigenvalue weighted by Gasteiger charge is 1.98. The minimum absolute atomic E-state index is 0.154. The highest BCUT2D eigenvalue weighted by atomic mass is 32.2. The number of nitrogens with two attached hydrogens (primary N) is 1. The molecule has 4 heteroatoms.